The highest BCUT2D eigenvalue weighted by molar-refractivity contribution is 5.85. The average molecular weight is 187 g/mol. The fraction of sp³-hybridized carbons (Fsp3) is 0.250. The molecule has 1 nitrogen and oxygen atoms in total. The summed E-state index contributed by atoms with van der Waals surface area (Å²) in [5.74, 6) is 0.357. The molecule has 0 radical (unpaired) electrons. The molecule has 0 saturated heterocycles. The molecule has 1 aliphatic carbocycles. The van der Waals surface area contributed by atoms with Gasteiger partial charge in [0.2, 0.25) is 0 Å². The molecule has 1 fully saturated rings. The Morgan fingerprint density at radius 2 is 2.07 bits per heavy atom. The van der Waals surface area contributed by atoms with Gasteiger partial charge in [0, 0.05) is 23.3 Å². The van der Waals surface area contributed by atoms with Crippen molar-refractivity contribution in [2.75, 3.05) is 0 Å². The van der Waals surface area contributed by atoms with Crippen LogP contribution in [0.15, 0.2) is 30.6 Å². The zero-order chi connectivity index (χ0) is 9.54. The summed E-state index contributed by atoms with van der Waals surface area (Å²) >= 11 is 0. The van der Waals surface area contributed by atoms with Gasteiger partial charge in [-0.3, -0.25) is 4.98 Å². The van der Waals surface area contributed by atoms with Crippen LogP contribution in [0.3, 0.4) is 0 Å². The van der Waals surface area contributed by atoms with Gasteiger partial charge >= 0.3 is 0 Å². The van der Waals surface area contributed by atoms with E-state index in [4.69, 9.17) is 0 Å². The van der Waals surface area contributed by atoms with Crippen molar-refractivity contribution in [1.82, 2.24) is 4.98 Å². The van der Waals surface area contributed by atoms with Crippen LogP contribution in [-0.4, -0.2) is 4.98 Å². The van der Waals surface area contributed by atoms with Crippen LogP contribution in [-0.2, 0) is 0 Å². The number of rotatable bonds is 1. The zero-order valence-corrected chi connectivity index (χ0v) is 7.70. The van der Waals surface area contributed by atoms with Gasteiger partial charge in [0.15, 0.2) is 0 Å². The summed E-state index contributed by atoms with van der Waals surface area (Å²) < 4.78 is 13.6. The number of halogens is 1. The molecule has 3 rings (SSSR count). The maximum atomic E-state index is 13.6. The van der Waals surface area contributed by atoms with Crippen molar-refractivity contribution in [3.63, 3.8) is 0 Å². The van der Waals surface area contributed by atoms with E-state index >= 15 is 0 Å². The highest BCUT2D eigenvalue weighted by Crippen LogP contribution is 2.44. The first-order valence-electron chi connectivity index (χ1n) is 4.88. The Morgan fingerprint density at radius 3 is 2.86 bits per heavy atom. The van der Waals surface area contributed by atoms with E-state index in [2.05, 4.69) is 4.98 Å². The number of aromatic nitrogens is 1. The van der Waals surface area contributed by atoms with Crippen LogP contribution in [0.1, 0.15) is 24.3 Å². The maximum absolute atomic E-state index is 13.6. The Kier molecular flexibility index (Phi) is 1.57. The van der Waals surface area contributed by atoms with Gasteiger partial charge < -0.3 is 0 Å². The first-order valence-corrected chi connectivity index (χ1v) is 4.88. The first-order chi connectivity index (χ1) is 6.86. The van der Waals surface area contributed by atoms with Crippen molar-refractivity contribution in [2.24, 2.45) is 0 Å². The fourth-order valence-corrected chi connectivity index (χ4v) is 1.94. The quantitative estimate of drug-likeness (QED) is 0.667. The van der Waals surface area contributed by atoms with Crippen LogP contribution in [0.4, 0.5) is 4.39 Å². The lowest BCUT2D eigenvalue weighted by Crippen LogP contribution is -1.89. The summed E-state index contributed by atoms with van der Waals surface area (Å²) in [4.78, 5) is 4.06. The van der Waals surface area contributed by atoms with Crippen LogP contribution < -0.4 is 0 Å². The topological polar surface area (TPSA) is 12.9 Å². The number of hydrogen-bond donors (Lipinski definition) is 0. The van der Waals surface area contributed by atoms with Gasteiger partial charge in [-0.2, -0.15) is 0 Å². The Balaban J connectivity index is 2.37. The minimum Gasteiger partial charge on any atom is -0.264 e. The lowest BCUT2D eigenvalue weighted by atomic mass is 10.0. The van der Waals surface area contributed by atoms with Gasteiger partial charge in [-0.25, -0.2) is 4.39 Å². The van der Waals surface area contributed by atoms with Crippen molar-refractivity contribution in [3.05, 3.63) is 42.0 Å². The molecule has 0 N–H and O–H groups in total. The van der Waals surface area contributed by atoms with E-state index in [0.29, 0.717) is 5.92 Å². The third-order valence-corrected chi connectivity index (χ3v) is 2.80. The highest BCUT2D eigenvalue weighted by atomic mass is 19.1. The number of pyridine rings is 1. The molecular weight excluding hydrogens is 177 g/mol. The SMILES string of the molecule is Fc1ccc2ccncc2c1C1CC1. The number of nitrogens with zero attached hydrogens (tertiary/aromatic N) is 1. The Hall–Kier alpha value is -1.44. The van der Waals surface area contributed by atoms with Crippen molar-refractivity contribution < 1.29 is 4.39 Å². The molecule has 0 amide bonds. The average Bonchev–Trinajstić information content (AvgIpc) is 3.01. The van der Waals surface area contributed by atoms with Crippen molar-refractivity contribution in [3.8, 4) is 0 Å². The minimum atomic E-state index is -0.0759. The molecule has 0 aliphatic heterocycles. The van der Waals surface area contributed by atoms with Crippen LogP contribution >= 0.6 is 0 Å². The summed E-state index contributed by atoms with van der Waals surface area (Å²) in [5, 5.41) is 2.07. The van der Waals surface area contributed by atoms with Crippen LogP contribution in [0.5, 0.6) is 0 Å². The molecule has 0 bridgehead atoms. The Morgan fingerprint density at radius 1 is 1.21 bits per heavy atom. The third kappa shape index (κ3) is 1.10. The highest BCUT2D eigenvalue weighted by Gasteiger charge is 2.28. The third-order valence-electron chi connectivity index (χ3n) is 2.80. The number of fused-ring (bicyclic) bond motifs is 1. The summed E-state index contributed by atoms with van der Waals surface area (Å²) in [6.45, 7) is 0. The van der Waals surface area contributed by atoms with Crippen molar-refractivity contribution in [1.29, 1.82) is 0 Å². The van der Waals surface area contributed by atoms with Gasteiger partial charge in [-0.05, 0) is 36.3 Å². The molecule has 1 saturated carbocycles. The summed E-state index contributed by atoms with van der Waals surface area (Å²) in [5.41, 5.74) is 0.871. The second kappa shape index (κ2) is 2.77. The second-order valence-electron chi connectivity index (χ2n) is 3.83. The molecule has 1 aromatic heterocycles. The van der Waals surface area contributed by atoms with E-state index in [1.165, 1.54) is 0 Å². The van der Waals surface area contributed by atoms with E-state index in [1.54, 1.807) is 18.5 Å². The lowest BCUT2D eigenvalue weighted by Gasteiger charge is -2.05. The van der Waals surface area contributed by atoms with Gasteiger partial charge in [-0.1, -0.05) is 6.07 Å². The normalized spacial score (nSPS) is 16.1. The molecule has 70 valence electrons. The predicted molar refractivity (Wildman–Crippen MR) is 53.7 cm³/mol. The number of hydrogen-bond acceptors (Lipinski definition) is 1. The van der Waals surface area contributed by atoms with Gasteiger partial charge in [0.25, 0.3) is 0 Å². The summed E-state index contributed by atoms with van der Waals surface area (Å²) in [7, 11) is 0. The summed E-state index contributed by atoms with van der Waals surface area (Å²) in [6.07, 6.45) is 5.75. The molecule has 1 aromatic carbocycles. The molecule has 2 heteroatoms. The lowest BCUT2D eigenvalue weighted by molar-refractivity contribution is 0.614. The van der Waals surface area contributed by atoms with E-state index < -0.39 is 0 Å². The van der Waals surface area contributed by atoms with Crippen LogP contribution in [0.25, 0.3) is 10.8 Å². The van der Waals surface area contributed by atoms with Gasteiger partial charge in [0.1, 0.15) is 5.82 Å². The molecular formula is C12H10FN. The molecule has 0 unspecified atom stereocenters. The molecule has 0 atom stereocenters. The van der Waals surface area contributed by atoms with E-state index in [-0.39, 0.29) is 5.82 Å². The largest absolute Gasteiger partial charge is 0.264 e. The van der Waals surface area contributed by atoms with Gasteiger partial charge in [0.05, 0.1) is 0 Å². The maximum Gasteiger partial charge on any atom is 0.127 e. The molecule has 1 aliphatic rings. The van der Waals surface area contributed by atoms with Gasteiger partial charge in [-0.15, -0.1) is 0 Å². The standard InChI is InChI=1S/C12H10FN/c13-11-4-3-8-5-6-14-7-10(8)12(11)9-1-2-9/h3-7,9H,1-2H2. The number of benzene rings is 1. The predicted octanol–water partition coefficient (Wildman–Crippen LogP) is 3.25. The van der Waals surface area contributed by atoms with E-state index in [1.807, 2.05) is 12.1 Å². The minimum absolute atomic E-state index is 0.0759. The summed E-state index contributed by atoms with van der Waals surface area (Å²) in [6, 6.07) is 5.31. The molecule has 2 aromatic rings. The smallest absolute Gasteiger partial charge is 0.127 e. The Bertz CT molecular complexity index is 489. The van der Waals surface area contributed by atoms with Crippen LogP contribution in [0, 0.1) is 5.82 Å². The van der Waals surface area contributed by atoms with Crippen LogP contribution in [0.2, 0.25) is 0 Å². The van der Waals surface area contributed by atoms with Crippen molar-refractivity contribution in [2.45, 2.75) is 18.8 Å². The monoisotopic (exact) mass is 187 g/mol. The Labute approximate surface area is 81.6 Å². The van der Waals surface area contributed by atoms with E-state index in [0.717, 1.165) is 29.2 Å². The zero-order valence-electron chi connectivity index (χ0n) is 7.70. The second-order valence-corrected chi connectivity index (χ2v) is 3.83. The molecule has 1 heterocycles. The molecule has 14 heavy (non-hydrogen) atoms. The van der Waals surface area contributed by atoms with E-state index in [9.17, 15) is 4.39 Å². The first kappa shape index (κ1) is 7.92. The van der Waals surface area contributed by atoms with Crippen molar-refractivity contribution >= 4 is 10.8 Å². The molecule has 0 spiro atoms. The fourth-order valence-electron chi connectivity index (χ4n) is 1.94.